The Labute approximate surface area is 115 Å². The molecule has 2 rings (SSSR count). The smallest absolute Gasteiger partial charge is 0.289 e. The number of likely N-dealkylation sites (tertiary alicyclic amines) is 1. The van der Waals surface area contributed by atoms with Crippen LogP contribution in [-0.4, -0.2) is 53.4 Å². The Bertz CT molecular complexity index is 554. The zero-order valence-electron chi connectivity index (χ0n) is 11.2. The normalized spacial score (nSPS) is 22.6. The zero-order valence-corrected chi connectivity index (χ0v) is 11.2. The van der Waals surface area contributed by atoms with Crippen LogP contribution in [-0.2, 0) is 0 Å². The van der Waals surface area contributed by atoms with Crippen molar-refractivity contribution >= 4 is 5.91 Å². The van der Waals surface area contributed by atoms with Crippen LogP contribution in [0.4, 0.5) is 0 Å². The lowest BCUT2D eigenvalue weighted by Gasteiger charge is -2.37. The fraction of sp³-hybridized carbons (Fsp3) is 0.538. The van der Waals surface area contributed by atoms with Crippen molar-refractivity contribution in [3.63, 3.8) is 0 Å². The molecule has 0 saturated carbocycles. The van der Waals surface area contributed by atoms with E-state index in [1.807, 2.05) is 0 Å². The van der Waals surface area contributed by atoms with Crippen molar-refractivity contribution in [1.29, 1.82) is 0 Å². The van der Waals surface area contributed by atoms with Crippen molar-refractivity contribution in [1.82, 2.24) is 4.90 Å². The summed E-state index contributed by atoms with van der Waals surface area (Å²) < 4.78 is 9.86. The molecule has 20 heavy (non-hydrogen) atoms. The summed E-state index contributed by atoms with van der Waals surface area (Å²) in [6.45, 7) is 0.0400. The minimum absolute atomic E-state index is 0.0120. The predicted molar refractivity (Wildman–Crippen MR) is 68.7 cm³/mol. The average Bonchev–Trinajstić information content (AvgIpc) is 2.46. The van der Waals surface area contributed by atoms with Gasteiger partial charge in [-0.1, -0.05) is 0 Å². The molecule has 0 aliphatic carbocycles. The number of ether oxygens (including phenoxy) is 1. The number of methoxy groups -OCH3 is 1. The van der Waals surface area contributed by atoms with Gasteiger partial charge in [0.1, 0.15) is 11.9 Å². The fourth-order valence-electron chi connectivity index (χ4n) is 2.23. The molecule has 1 aliphatic rings. The van der Waals surface area contributed by atoms with Gasteiger partial charge in [0.25, 0.3) is 5.91 Å². The highest BCUT2D eigenvalue weighted by molar-refractivity contribution is 5.91. The number of nitrogens with zero attached hydrogens (tertiary/aromatic N) is 1. The van der Waals surface area contributed by atoms with Crippen molar-refractivity contribution in [2.45, 2.75) is 18.4 Å². The van der Waals surface area contributed by atoms with E-state index in [9.17, 15) is 14.7 Å². The quantitative estimate of drug-likeness (QED) is 0.783. The Balaban J connectivity index is 2.19. The molecule has 1 saturated heterocycles. The van der Waals surface area contributed by atoms with E-state index in [0.717, 1.165) is 12.3 Å². The van der Waals surface area contributed by atoms with Gasteiger partial charge in [0.05, 0.1) is 20.3 Å². The number of hydrogen-bond acceptors (Lipinski definition) is 6. The highest BCUT2D eigenvalue weighted by atomic mass is 16.5. The van der Waals surface area contributed by atoms with Gasteiger partial charge in [-0.15, -0.1) is 0 Å². The molecule has 2 heterocycles. The van der Waals surface area contributed by atoms with Crippen LogP contribution >= 0.6 is 0 Å². The molecule has 2 N–H and O–H groups in total. The van der Waals surface area contributed by atoms with Crippen molar-refractivity contribution in [2.75, 3.05) is 26.8 Å². The number of rotatable bonds is 3. The third-order valence-corrected chi connectivity index (χ3v) is 3.37. The van der Waals surface area contributed by atoms with E-state index in [4.69, 9.17) is 14.3 Å². The van der Waals surface area contributed by atoms with Crippen molar-refractivity contribution in [3.05, 3.63) is 28.3 Å². The molecule has 7 nitrogen and oxygen atoms in total. The topological polar surface area (TPSA) is 100 Å². The zero-order chi connectivity index (χ0) is 14.8. The predicted octanol–water partition coefficient (Wildman–Crippen LogP) is -0.392. The van der Waals surface area contributed by atoms with Gasteiger partial charge in [0, 0.05) is 12.6 Å². The van der Waals surface area contributed by atoms with Crippen molar-refractivity contribution < 1.29 is 24.2 Å². The van der Waals surface area contributed by atoms with Gasteiger partial charge in [0.2, 0.25) is 11.2 Å². The Hall–Kier alpha value is -1.86. The maximum atomic E-state index is 12.2. The number of β-amino-alcohol motifs (C(OH)–C–C–N with tert-alkyl or cyclic N) is 1. The Morgan fingerprint density at radius 3 is 2.95 bits per heavy atom. The summed E-state index contributed by atoms with van der Waals surface area (Å²) in [4.78, 5) is 25.2. The van der Waals surface area contributed by atoms with Gasteiger partial charge in [-0.25, -0.2) is 0 Å². The van der Waals surface area contributed by atoms with Gasteiger partial charge >= 0.3 is 0 Å². The van der Waals surface area contributed by atoms with Crippen LogP contribution < -0.4 is 10.2 Å². The first kappa shape index (κ1) is 14.5. The average molecular weight is 283 g/mol. The van der Waals surface area contributed by atoms with Gasteiger partial charge in [-0.05, 0) is 12.8 Å². The summed E-state index contributed by atoms with van der Waals surface area (Å²) in [5.74, 6) is -0.582. The minimum atomic E-state index is -1.29. The molecule has 1 atom stereocenters. The third-order valence-electron chi connectivity index (χ3n) is 3.37. The lowest BCUT2D eigenvalue weighted by molar-refractivity contribution is -0.0603. The van der Waals surface area contributed by atoms with Crippen LogP contribution in [0.2, 0.25) is 0 Å². The van der Waals surface area contributed by atoms with Crippen LogP contribution in [0.3, 0.4) is 0 Å². The molecule has 0 radical (unpaired) electrons. The highest BCUT2D eigenvalue weighted by Gasteiger charge is 2.35. The number of piperidine rings is 1. The second kappa shape index (κ2) is 5.64. The van der Waals surface area contributed by atoms with Crippen LogP contribution in [0, 0.1) is 0 Å². The first-order valence-electron chi connectivity index (χ1n) is 6.28. The standard InChI is InChI=1S/C13H17NO6/c1-19-11-6-20-10(5-9(11)16)12(17)14-4-2-3-13(18,7-14)8-15/h5-6,15,18H,2-4,7-8H2,1H3/t13-/m0/s1. The Morgan fingerprint density at radius 2 is 2.35 bits per heavy atom. The molecule has 0 spiro atoms. The Kier molecular flexibility index (Phi) is 4.10. The van der Waals surface area contributed by atoms with Crippen molar-refractivity contribution in [2.24, 2.45) is 0 Å². The summed E-state index contributed by atoms with van der Waals surface area (Å²) in [6, 6.07) is 1.06. The molecule has 1 aliphatic heterocycles. The van der Waals surface area contributed by atoms with E-state index in [-0.39, 0.29) is 18.1 Å². The molecule has 1 aromatic rings. The molecule has 1 amide bonds. The van der Waals surface area contributed by atoms with Crippen LogP contribution in [0.25, 0.3) is 0 Å². The van der Waals surface area contributed by atoms with Gasteiger partial charge < -0.3 is 24.3 Å². The first-order chi connectivity index (χ1) is 9.49. The van der Waals surface area contributed by atoms with E-state index < -0.39 is 23.5 Å². The molecule has 7 heteroatoms. The minimum Gasteiger partial charge on any atom is -0.490 e. The Morgan fingerprint density at radius 1 is 1.60 bits per heavy atom. The number of amides is 1. The van der Waals surface area contributed by atoms with E-state index >= 15 is 0 Å². The maximum absolute atomic E-state index is 12.2. The largest absolute Gasteiger partial charge is 0.490 e. The molecule has 0 unspecified atom stereocenters. The third kappa shape index (κ3) is 2.83. The number of aliphatic hydroxyl groups excluding tert-OH is 1. The second-order valence-electron chi connectivity index (χ2n) is 4.89. The SMILES string of the molecule is COc1coc(C(=O)N2CCC[C@@](O)(CO)C2)cc1=O. The molecule has 1 fully saturated rings. The lowest BCUT2D eigenvalue weighted by atomic mass is 9.93. The summed E-state index contributed by atoms with van der Waals surface area (Å²) in [6.07, 6.45) is 2.08. The number of carbonyl (C=O) groups is 1. The van der Waals surface area contributed by atoms with E-state index in [1.165, 1.54) is 12.0 Å². The maximum Gasteiger partial charge on any atom is 0.289 e. The number of hydrogen-bond donors (Lipinski definition) is 2. The summed E-state index contributed by atoms with van der Waals surface area (Å²) in [7, 11) is 1.33. The number of aliphatic hydroxyl groups is 2. The molecule has 1 aromatic heterocycles. The van der Waals surface area contributed by atoms with Gasteiger partial charge in [0.15, 0.2) is 5.76 Å². The van der Waals surface area contributed by atoms with Crippen LogP contribution in [0.5, 0.6) is 5.75 Å². The van der Waals surface area contributed by atoms with E-state index in [1.54, 1.807) is 0 Å². The van der Waals surface area contributed by atoms with Gasteiger partial charge in [-0.2, -0.15) is 0 Å². The second-order valence-corrected chi connectivity index (χ2v) is 4.89. The lowest BCUT2D eigenvalue weighted by Crippen LogP contribution is -2.52. The molecule has 0 aromatic carbocycles. The molecular weight excluding hydrogens is 266 g/mol. The van der Waals surface area contributed by atoms with Crippen molar-refractivity contribution in [3.8, 4) is 5.75 Å². The number of carbonyl (C=O) groups excluding carboxylic acids is 1. The van der Waals surface area contributed by atoms with Crippen LogP contribution in [0.15, 0.2) is 21.5 Å². The fourth-order valence-corrected chi connectivity index (χ4v) is 2.23. The van der Waals surface area contributed by atoms with Gasteiger partial charge in [-0.3, -0.25) is 9.59 Å². The molecular formula is C13H17NO6. The monoisotopic (exact) mass is 283 g/mol. The highest BCUT2D eigenvalue weighted by Crippen LogP contribution is 2.22. The molecule has 0 bridgehead atoms. The molecule has 110 valence electrons. The summed E-state index contributed by atoms with van der Waals surface area (Å²) in [5.41, 5.74) is -1.74. The summed E-state index contributed by atoms with van der Waals surface area (Å²) in [5, 5.41) is 19.2. The van der Waals surface area contributed by atoms with Crippen LogP contribution in [0.1, 0.15) is 23.4 Å². The summed E-state index contributed by atoms with van der Waals surface area (Å²) >= 11 is 0. The van der Waals surface area contributed by atoms with E-state index in [0.29, 0.717) is 19.4 Å². The first-order valence-corrected chi connectivity index (χ1v) is 6.28. The van der Waals surface area contributed by atoms with E-state index in [2.05, 4.69) is 0 Å².